The summed E-state index contributed by atoms with van der Waals surface area (Å²) in [5.74, 6) is 0.0444. The van der Waals surface area contributed by atoms with Gasteiger partial charge in [0.1, 0.15) is 0 Å². The Kier molecular flexibility index (Phi) is 7.29. The molecule has 2 N–H and O–H groups in total. The standard InChI is InChI=1S/C23H28ClN3O2/c1-16-8-9-20(24)14-21(16)26-22(28)17(2)27-12-10-19(11-13-27)23(29)25-15-18-6-4-3-5-7-18/h3-9,14,17,19H,10-13,15H2,1-2H3,(H,25,29)(H,26,28)/t17-/m0/s1. The minimum absolute atomic E-state index is 0.000368. The second kappa shape index (κ2) is 9.90. The monoisotopic (exact) mass is 413 g/mol. The van der Waals surface area contributed by atoms with Crippen LogP contribution in [0.3, 0.4) is 0 Å². The lowest BCUT2D eigenvalue weighted by Gasteiger charge is -2.34. The molecule has 3 rings (SSSR count). The molecule has 2 aromatic rings. The highest BCUT2D eigenvalue weighted by Gasteiger charge is 2.29. The molecule has 154 valence electrons. The highest BCUT2D eigenvalue weighted by molar-refractivity contribution is 6.31. The van der Waals surface area contributed by atoms with Gasteiger partial charge in [-0.2, -0.15) is 0 Å². The van der Waals surface area contributed by atoms with E-state index in [0.717, 1.165) is 42.7 Å². The lowest BCUT2D eigenvalue weighted by atomic mass is 9.94. The number of nitrogens with one attached hydrogen (secondary N) is 2. The van der Waals surface area contributed by atoms with E-state index in [-0.39, 0.29) is 23.8 Å². The van der Waals surface area contributed by atoms with Crippen LogP contribution in [0.15, 0.2) is 48.5 Å². The normalized spacial score (nSPS) is 16.2. The van der Waals surface area contributed by atoms with Gasteiger partial charge in [-0.15, -0.1) is 0 Å². The van der Waals surface area contributed by atoms with Crippen LogP contribution >= 0.6 is 11.6 Å². The van der Waals surface area contributed by atoms with E-state index in [1.54, 1.807) is 6.07 Å². The number of halogens is 1. The molecule has 1 heterocycles. The average molecular weight is 414 g/mol. The number of anilines is 1. The van der Waals surface area contributed by atoms with Crippen LogP contribution in [0.2, 0.25) is 5.02 Å². The van der Waals surface area contributed by atoms with Crippen molar-refractivity contribution in [2.24, 2.45) is 5.92 Å². The number of aryl methyl sites for hydroxylation is 1. The molecule has 2 amide bonds. The number of benzene rings is 2. The Morgan fingerprint density at radius 3 is 2.52 bits per heavy atom. The van der Waals surface area contributed by atoms with Crippen molar-refractivity contribution in [2.45, 2.75) is 39.3 Å². The molecular formula is C23H28ClN3O2. The van der Waals surface area contributed by atoms with E-state index in [0.29, 0.717) is 11.6 Å². The number of rotatable bonds is 6. The lowest BCUT2D eigenvalue weighted by molar-refractivity contribution is -0.127. The smallest absolute Gasteiger partial charge is 0.241 e. The van der Waals surface area contributed by atoms with Gasteiger partial charge in [-0.05, 0) is 63.0 Å². The van der Waals surface area contributed by atoms with Gasteiger partial charge < -0.3 is 10.6 Å². The van der Waals surface area contributed by atoms with Gasteiger partial charge >= 0.3 is 0 Å². The van der Waals surface area contributed by atoms with Gasteiger partial charge in [-0.3, -0.25) is 14.5 Å². The molecule has 29 heavy (non-hydrogen) atoms. The summed E-state index contributed by atoms with van der Waals surface area (Å²) < 4.78 is 0. The summed E-state index contributed by atoms with van der Waals surface area (Å²) in [6, 6.07) is 15.1. The minimum Gasteiger partial charge on any atom is -0.352 e. The van der Waals surface area contributed by atoms with Gasteiger partial charge in [0.05, 0.1) is 6.04 Å². The third kappa shape index (κ3) is 5.81. The Morgan fingerprint density at radius 1 is 1.14 bits per heavy atom. The Morgan fingerprint density at radius 2 is 1.83 bits per heavy atom. The Balaban J connectivity index is 1.47. The fourth-order valence-corrected chi connectivity index (χ4v) is 3.78. The topological polar surface area (TPSA) is 61.4 Å². The second-order valence-corrected chi connectivity index (χ2v) is 8.07. The van der Waals surface area contributed by atoms with E-state index >= 15 is 0 Å². The maximum atomic E-state index is 12.7. The number of likely N-dealkylation sites (tertiary alicyclic amines) is 1. The summed E-state index contributed by atoms with van der Waals surface area (Å²) >= 11 is 6.04. The highest BCUT2D eigenvalue weighted by atomic mass is 35.5. The summed E-state index contributed by atoms with van der Waals surface area (Å²) in [5, 5.41) is 6.60. The SMILES string of the molecule is Cc1ccc(Cl)cc1NC(=O)[C@H](C)N1CCC(C(=O)NCc2ccccc2)CC1. The van der Waals surface area contributed by atoms with Gasteiger partial charge in [0.2, 0.25) is 11.8 Å². The van der Waals surface area contributed by atoms with Crippen molar-refractivity contribution in [3.8, 4) is 0 Å². The van der Waals surface area contributed by atoms with Crippen LogP contribution < -0.4 is 10.6 Å². The fourth-order valence-electron chi connectivity index (χ4n) is 3.61. The number of amides is 2. The van der Waals surface area contributed by atoms with E-state index in [4.69, 9.17) is 11.6 Å². The van der Waals surface area contributed by atoms with Crippen LogP contribution in [0.4, 0.5) is 5.69 Å². The first-order chi connectivity index (χ1) is 13.9. The molecule has 2 aromatic carbocycles. The number of hydrogen-bond donors (Lipinski definition) is 2. The van der Waals surface area contributed by atoms with Crippen molar-refractivity contribution >= 4 is 29.1 Å². The van der Waals surface area contributed by atoms with Crippen LogP contribution in [0.5, 0.6) is 0 Å². The Labute approximate surface area is 177 Å². The summed E-state index contributed by atoms with van der Waals surface area (Å²) in [6.45, 7) is 5.86. The number of nitrogens with zero attached hydrogens (tertiary/aromatic N) is 1. The molecule has 0 spiro atoms. The molecule has 0 unspecified atom stereocenters. The molecule has 0 aromatic heterocycles. The molecule has 0 saturated carbocycles. The van der Waals surface area contributed by atoms with Gasteiger partial charge in [-0.1, -0.05) is 48.0 Å². The van der Waals surface area contributed by atoms with Crippen molar-refractivity contribution in [3.05, 3.63) is 64.7 Å². The van der Waals surface area contributed by atoms with E-state index in [1.165, 1.54) is 0 Å². The highest BCUT2D eigenvalue weighted by Crippen LogP contribution is 2.23. The molecular weight excluding hydrogens is 386 g/mol. The zero-order valence-electron chi connectivity index (χ0n) is 17.0. The predicted octanol–water partition coefficient (Wildman–Crippen LogP) is 4.00. The lowest BCUT2D eigenvalue weighted by Crippen LogP contribution is -2.48. The fraction of sp³-hybridized carbons (Fsp3) is 0.391. The number of hydrogen-bond acceptors (Lipinski definition) is 3. The number of carbonyl (C=O) groups excluding carboxylic acids is 2. The van der Waals surface area contributed by atoms with E-state index in [2.05, 4.69) is 15.5 Å². The second-order valence-electron chi connectivity index (χ2n) is 7.64. The predicted molar refractivity (Wildman–Crippen MR) is 117 cm³/mol. The van der Waals surface area contributed by atoms with Crippen LogP contribution in [0, 0.1) is 12.8 Å². The molecule has 0 aliphatic carbocycles. The van der Waals surface area contributed by atoms with Crippen molar-refractivity contribution in [1.82, 2.24) is 10.2 Å². The summed E-state index contributed by atoms with van der Waals surface area (Å²) in [6.07, 6.45) is 1.52. The van der Waals surface area contributed by atoms with Gasteiger partial charge in [-0.25, -0.2) is 0 Å². The summed E-state index contributed by atoms with van der Waals surface area (Å²) in [5.41, 5.74) is 2.81. The molecule has 6 heteroatoms. The van der Waals surface area contributed by atoms with Crippen LogP contribution in [-0.4, -0.2) is 35.8 Å². The quantitative estimate of drug-likeness (QED) is 0.752. The largest absolute Gasteiger partial charge is 0.352 e. The van der Waals surface area contributed by atoms with Crippen molar-refractivity contribution in [1.29, 1.82) is 0 Å². The Bertz CT molecular complexity index is 848. The van der Waals surface area contributed by atoms with Crippen LogP contribution in [0.25, 0.3) is 0 Å². The first kappa shape index (κ1) is 21.3. The van der Waals surface area contributed by atoms with E-state index < -0.39 is 0 Å². The number of piperidine rings is 1. The molecule has 1 atom stereocenters. The van der Waals surface area contributed by atoms with Crippen LogP contribution in [0.1, 0.15) is 30.9 Å². The molecule has 0 bridgehead atoms. The Hall–Kier alpha value is -2.37. The van der Waals surface area contributed by atoms with Crippen molar-refractivity contribution < 1.29 is 9.59 Å². The number of carbonyl (C=O) groups is 2. The third-order valence-corrected chi connectivity index (χ3v) is 5.83. The molecule has 1 fully saturated rings. The molecule has 5 nitrogen and oxygen atoms in total. The van der Waals surface area contributed by atoms with Gasteiger partial charge in [0.25, 0.3) is 0 Å². The van der Waals surface area contributed by atoms with Gasteiger partial charge in [0.15, 0.2) is 0 Å². The molecule has 0 radical (unpaired) electrons. The first-order valence-electron chi connectivity index (χ1n) is 10.1. The maximum Gasteiger partial charge on any atom is 0.241 e. The van der Waals surface area contributed by atoms with E-state index in [9.17, 15) is 9.59 Å². The zero-order chi connectivity index (χ0) is 20.8. The van der Waals surface area contributed by atoms with Crippen molar-refractivity contribution in [3.63, 3.8) is 0 Å². The summed E-state index contributed by atoms with van der Waals surface area (Å²) in [4.78, 5) is 27.3. The minimum atomic E-state index is -0.262. The first-order valence-corrected chi connectivity index (χ1v) is 10.4. The molecule has 1 saturated heterocycles. The molecule has 1 aliphatic rings. The van der Waals surface area contributed by atoms with Gasteiger partial charge in [0, 0.05) is 23.2 Å². The summed E-state index contributed by atoms with van der Waals surface area (Å²) in [7, 11) is 0. The van der Waals surface area contributed by atoms with Crippen LogP contribution in [-0.2, 0) is 16.1 Å². The van der Waals surface area contributed by atoms with E-state index in [1.807, 2.05) is 56.3 Å². The maximum absolute atomic E-state index is 12.7. The van der Waals surface area contributed by atoms with Crippen molar-refractivity contribution in [2.75, 3.05) is 18.4 Å². The average Bonchev–Trinajstić information content (AvgIpc) is 2.75. The molecule has 1 aliphatic heterocycles. The zero-order valence-corrected chi connectivity index (χ0v) is 17.7. The third-order valence-electron chi connectivity index (χ3n) is 5.59.